The molecule has 1 atom stereocenters. The first-order chi connectivity index (χ1) is 6.94. The topological polar surface area (TPSA) is 58.4 Å². The molecule has 1 unspecified atom stereocenters. The zero-order chi connectivity index (χ0) is 11.5. The van der Waals surface area contributed by atoms with Gasteiger partial charge in [-0.15, -0.1) is 0 Å². The largest absolute Gasteiger partial charge is 0.397 e. The highest BCUT2D eigenvalue weighted by Crippen LogP contribution is 2.21. The second-order valence-corrected chi connectivity index (χ2v) is 3.47. The van der Waals surface area contributed by atoms with Gasteiger partial charge in [0, 0.05) is 26.2 Å². The molecule has 0 aromatic carbocycles. The fourth-order valence-corrected chi connectivity index (χ4v) is 1.57. The molecule has 1 aliphatic rings. The first-order valence-electron chi connectivity index (χ1n) is 4.71. The van der Waals surface area contributed by atoms with Crippen LogP contribution in [0.1, 0.15) is 6.42 Å². The van der Waals surface area contributed by atoms with E-state index >= 15 is 0 Å². The van der Waals surface area contributed by atoms with Crippen molar-refractivity contribution in [3.05, 3.63) is 0 Å². The summed E-state index contributed by atoms with van der Waals surface area (Å²) in [6, 6.07) is -0.325. The lowest BCUT2D eigenvalue weighted by Gasteiger charge is -2.35. The van der Waals surface area contributed by atoms with Crippen LogP contribution in [0.5, 0.6) is 0 Å². The van der Waals surface area contributed by atoms with Crippen molar-refractivity contribution in [3.8, 4) is 0 Å². The molecule has 88 valence electrons. The number of amides is 1. The highest BCUT2D eigenvalue weighted by molar-refractivity contribution is 5.77. The molecule has 4 nitrogen and oxygen atoms in total. The molecule has 0 aromatic heterocycles. The second kappa shape index (κ2) is 4.80. The van der Waals surface area contributed by atoms with Crippen molar-refractivity contribution in [1.29, 1.82) is 0 Å². The normalized spacial score (nSPS) is 22.9. The zero-order valence-corrected chi connectivity index (χ0v) is 8.18. The Morgan fingerprint density at radius 1 is 1.53 bits per heavy atom. The van der Waals surface area contributed by atoms with E-state index in [2.05, 4.69) is 5.32 Å². The van der Waals surface area contributed by atoms with E-state index < -0.39 is 18.5 Å². The lowest BCUT2D eigenvalue weighted by Crippen LogP contribution is -2.56. The van der Waals surface area contributed by atoms with Crippen LogP contribution in [0.15, 0.2) is 0 Å². The molecule has 3 N–H and O–H groups in total. The van der Waals surface area contributed by atoms with Gasteiger partial charge in [-0.25, -0.2) is 0 Å². The summed E-state index contributed by atoms with van der Waals surface area (Å²) in [5.74, 6) is -0.889. The van der Waals surface area contributed by atoms with Crippen molar-refractivity contribution in [2.75, 3.05) is 26.2 Å². The number of nitrogens with two attached hydrogens (primary N) is 1. The maximum absolute atomic E-state index is 12.0. The van der Waals surface area contributed by atoms with Crippen molar-refractivity contribution < 1.29 is 18.0 Å². The summed E-state index contributed by atoms with van der Waals surface area (Å²) in [7, 11) is 0. The number of carbonyl (C=O) groups excluding carboxylic acids is 1. The van der Waals surface area contributed by atoms with Gasteiger partial charge >= 0.3 is 6.18 Å². The monoisotopic (exact) mass is 225 g/mol. The zero-order valence-electron chi connectivity index (χ0n) is 8.18. The van der Waals surface area contributed by atoms with Gasteiger partial charge in [-0.05, 0) is 0 Å². The van der Waals surface area contributed by atoms with Crippen molar-refractivity contribution in [3.63, 3.8) is 0 Å². The number of rotatable bonds is 2. The van der Waals surface area contributed by atoms with Gasteiger partial charge in [0.25, 0.3) is 0 Å². The summed E-state index contributed by atoms with van der Waals surface area (Å²) in [6.45, 7) is 1.44. The molecule has 1 saturated heterocycles. The lowest BCUT2D eigenvalue weighted by molar-refractivity contribution is -0.163. The Bertz CT molecular complexity index is 232. The predicted molar refractivity (Wildman–Crippen MR) is 48.1 cm³/mol. The minimum Gasteiger partial charge on any atom is -0.336 e. The third-order valence-corrected chi connectivity index (χ3v) is 2.29. The Morgan fingerprint density at radius 2 is 2.20 bits per heavy atom. The second-order valence-electron chi connectivity index (χ2n) is 3.47. The van der Waals surface area contributed by atoms with E-state index in [0.29, 0.717) is 13.1 Å². The maximum atomic E-state index is 12.0. The first kappa shape index (κ1) is 12.3. The summed E-state index contributed by atoms with van der Waals surface area (Å²) < 4.78 is 36.0. The van der Waals surface area contributed by atoms with E-state index in [-0.39, 0.29) is 19.1 Å². The molecule has 1 rings (SSSR count). The van der Waals surface area contributed by atoms with Gasteiger partial charge in [-0.1, -0.05) is 0 Å². The van der Waals surface area contributed by atoms with Crippen molar-refractivity contribution >= 4 is 5.91 Å². The molecule has 0 saturated carbocycles. The molecule has 15 heavy (non-hydrogen) atoms. The van der Waals surface area contributed by atoms with Crippen LogP contribution in [-0.2, 0) is 4.79 Å². The molecular formula is C8H14F3N3O. The van der Waals surface area contributed by atoms with E-state index in [4.69, 9.17) is 5.73 Å². The smallest absolute Gasteiger partial charge is 0.336 e. The van der Waals surface area contributed by atoms with Crippen LogP contribution in [0.3, 0.4) is 0 Å². The summed E-state index contributed by atoms with van der Waals surface area (Å²) in [6.07, 6.45) is -5.84. The van der Waals surface area contributed by atoms with Crippen molar-refractivity contribution in [2.45, 2.75) is 18.6 Å². The van der Waals surface area contributed by atoms with Gasteiger partial charge in [0.2, 0.25) is 5.91 Å². The number of hydrogen-bond acceptors (Lipinski definition) is 3. The molecule has 1 amide bonds. The highest BCUT2D eigenvalue weighted by Gasteiger charge is 2.35. The molecule has 7 heteroatoms. The van der Waals surface area contributed by atoms with E-state index in [0.717, 1.165) is 0 Å². The van der Waals surface area contributed by atoms with Gasteiger partial charge in [-0.2, -0.15) is 13.2 Å². The minimum atomic E-state index is -4.44. The van der Waals surface area contributed by atoms with Crippen LogP contribution in [0.25, 0.3) is 0 Å². The number of hydrogen-bond donors (Lipinski definition) is 2. The Morgan fingerprint density at radius 3 is 2.73 bits per heavy atom. The molecule has 0 radical (unpaired) electrons. The Balaban J connectivity index is 2.56. The SMILES string of the molecule is NCC1CNCCN1C(=O)CC(F)(F)F. The Hall–Kier alpha value is -0.820. The van der Waals surface area contributed by atoms with E-state index in [1.54, 1.807) is 0 Å². The standard InChI is InChI=1S/C8H14F3N3O/c9-8(10,11)3-7(15)14-2-1-13-5-6(14)4-12/h6,13H,1-5,12H2. The number of nitrogens with one attached hydrogen (secondary N) is 1. The molecular weight excluding hydrogens is 211 g/mol. The van der Waals surface area contributed by atoms with Gasteiger partial charge in [0.05, 0.1) is 6.04 Å². The number of carbonyl (C=O) groups is 1. The average molecular weight is 225 g/mol. The number of piperazine rings is 1. The number of halogens is 3. The first-order valence-corrected chi connectivity index (χ1v) is 4.71. The predicted octanol–water partition coefficient (Wildman–Crippen LogP) is -0.302. The minimum absolute atomic E-state index is 0.177. The van der Waals surface area contributed by atoms with E-state index in [9.17, 15) is 18.0 Å². The Labute approximate surface area is 85.6 Å². The molecule has 1 aliphatic heterocycles. The van der Waals surface area contributed by atoms with Gasteiger partial charge in [0.1, 0.15) is 6.42 Å². The fourth-order valence-electron chi connectivity index (χ4n) is 1.57. The summed E-state index contributed by atoms with van der Waals surface area (Å²) in [4.78, 5) is 12.5. The molecule has 1 fully saturated rings. The Kier molecular flexibility index (Phi) is 3.92. The molecule has 0 aromatic rings. The highest BCUT2D eigenvalue weighted by atomic mass is 19.4. The molecule has 0 spiro atoms. The molecule has 0 bridgehead atoms. The summed E-state index contributed by atoms with van der Waals surface area (Å²) in [5, 5.41) is 2.98. The molecule has 1 heterocycles. The number of nitrogens with zero attached hydrogens (tertiary/aromatic N) is 1. The molecule has 0 aliphatic carbocycles. The van der Waals surface area contributed by atoms with Crippen molar-refractivity contribution in [1.82, 2.24) is 10.2 Å². The van der Waals surface area contributed by atoms with E-state index in [1.165, 1.54) is 4.90 Å². The summed E-state index contributed by atoms with van der Waals surface area (Å²) in [5.41, 5.74) is 5.38. The lowest BCUT2D eigenvalue weighted by atomic mass is 10.1. The number of alkyl halides is 3. The fraction of sp³-hybridized carbons (Fsp3) is 0.875. The van der Waals surface area contributed by atoms with Crippen molar-refractivity contribution in [2.24, 2.45) is 5.73 Å². The quantitative estimate of drug-likeness (QED) is 0.678. The van der Waals surface area contributed by atoms with Crippen LogP contribution in [-0.4, -0.2) is 49.2 Å². The average Bonchev–Trinajstić information content (AvgIpc) is 2.15. The van der Waals surface area contributed by atoms with Gasteiger partial charge in [0.15, 0.2) is 0 Å². The van der Waals surface area contributed by atoms with Crippen LogP contribution in [0, 0.1) is 0 Å². The van der Waals surface area contributed by atoms with Crippen LogP contribution in [0.4, 0.5) is 13.2 Å². The third kappa shape index (κ3) is 3.67. The van der Waals surface area contributed by atoms with Gasteiger partial charge < -0.3 is 16.0 Å². The van der Waals surface area contributed by atoms with Crippen LogP contribution < -0.4 is 11.1 Å². The third-order valence-electron chi connectivity index (χ3n) is 2.29. The van der Waals surface area contributed by atoms with E-state index in [1.807, 2.05) is 0 Å². The van der Waals surface area contributed by atoms with Gasteiger partial charge in [-0.3, -0.25) is 4.79 Å². The van der Waals surface area contributed by atoms with Crippen LogP contribution >= 0.6 is 0 Å². The maximum Gasteiger partial charge on any atom is 0.397 e. The van der Waals surface area contributed by atoms with Crippen LogP contribution in [0.2, 0.25) is 0 Å². The summed E-state index contributed by atoms with van der Waals surface area (Å²) >= 11 is 0.